The van der Waals surface area contributed by atoms with Crippen LogP contribution in [0.2, 0.25) is 0 Å². The van der Waals surface area contributed by atoms with Crippen LogP contribution in [0.4, 0.5) is 0 Å². The molecule has 1 aliphatic heterocycles. The Balaban J connectivity index is 1.28. The summed E-state index contributed by atoms with van der Waals surface area (Å²) in [6.07, 6.45) is 3.51. The fraction of sp³-hybridized carbons (Fsp3) is 0.130. The maximum Gasteiger partial charge on any atom is 0.358 e. The first-order chi connectivity index (χ1) is 15.7. The van der Waals surface area contributed by atoms with Gasteiger partial charge in [0.1, 0.15) is 28.3 Å². The second kappa shape index (κ2) is 8.64. The smallest absolute Gasteiger partial charge is 0.358 e. The lowest BCUT2D eigenvalue weighted by molar-refractivity contribution is -0.136. The fourth-order valence-electron chi connectivity index (χ4n) is 3.38. The van der Waals surface area contributed by atoms with Crippen molar-refractivity contribution in [1.82, 2.24) is 9.99 Å². The van der Waals surface area contributed by atoms with E-state index in [-0.39, 0.29) is 5.69 Å². The lowest BCUT2D eigenvalue weighted by Crippen LogP contribution is -2.31. The molecule has 1 aliphatic rings. The SMILES string of the molecule is O=C(OCC(=O)N1N=C(c2ccco2)CC1c1ccco1)c1csc(-c2ccccc2)n1. The topological polar surface area (TPSA) is 98.1 Å². The molecule has 0 spiro atoms. The number of amides is 1. The average molecular weight is 447 g/mol. The zero-order chi connectivity index (χ0) is 21.9. The van der Waals surface area contributed by atoms with Gasteiger partial charge in [-0.05, 0) is 24.3 Å². The van der Waals surface area contributed by atoms with Crippen molar-refractivity contribution in [1.29, 1.82) is 0 Å². The Bertz CT molecular complexity index is 1250. The number of ether oxygens (including phenoxy) is 1. The van der Waals surface area contributed by atoms with Crippen molar-refractivity contribution >= 4 is 28.9 Å². The Morgan fingerprint density at radius 2 is 1.88 bits per heavy atom. The fourth-order valence-corrected chi connectivity index (χ4v) is 4.18. The van der Waals surface area contributed by atoms with Gasteiger partial charge in [0.2, 0.25) is 0 Å². The van der Waals surface area contributed by atoms with E-state index >= 15 is 0 Å². The van der Waals surface area contributed by atoms with E-state index in [4.69, 9.17) is 13.6 Å². The molecule has 1 atom stereocenters. The molecule has 8 nitrogen and oxygen atoms in total. The third kappa shape index (κ3) is 3.97. The van der Waals surface area contributed by atoms with Crippen molar-refractivity contribution < 1.29 is 23.2 Å². The Kier molecular flexibility index (Phi) is 5.39. The molecule has 1 amide bonds. The van der Waals surface area contributed by atoms with E-state index in [1.165, 1.54) is 22.6 Å². The van der Waals surface area contributed by atoms with Crippen LogP contribution in [-0.2, 0) is 9.53 Å². The van der Waals surface area contributed by atoms with Crippen LogP contribution in [0.5, 0.6) is 0 Å². The number of esters is 1. The zero-order valence-electron chi connectivity index (χ0n) is 16.7. The van der Waals surface area contributed by atoms with Gasteiger partial charge < -0.3 is 13.6 Å². The Labute approximate surface area is 186 Å². The molecule has 3 aromatic heterocycles. The van der Waals surface area contributed by atoms with Crippen LogP contribution in [0.3, 0.4) is 0 Å². The number of carbonyl (C=O) groups is 2. The lowest BCUT2D eigenvalue weighted by Gasteiger charge is -2.19. The van der Waals surface area contributed by atoms with E-state index in [1.807, 2.05) is 30.3 Å². The molecule has 0 N–H and O–H groups in total. The summed E-state index contributed by atoms with van der Waals surface area (Å²) in [6, 6.07) is 16.1. The number of hydrogen-bond acceptors (Lipinski definition) is 8. The summed E-state index contributed by atoms with van der Waals surface area (Å²) in [4.78, 5) is 29.7. The van der Waals surface area contributed by atoms with Crippen molar-refractivity contribution in [3.8, 4) is 10.6 Å². The van der Waals surface area contributed by atoms with Gasteiger partial charge in [-0.2, -0.15) is 5.10 Å². The highest BCUT2D eigenvalue weighted by Crippen LogP contribution is 2.33. The summed E-state index contributed by atoms with van der Waals surface area (Å²) < 4.78 is 16.1. The van der Waals surface area contributed by atoms with Gasteiger partial charge in [-0.25, -0.2) is 14.8 Å². The van der Waals surface area contributed by atoms with Crippen molar-refractivity contribution in [2.75, 3.05) is 6.61 Å². The number of aromatic nitrogens is 1. The zero-order valence-corrected chi connectivity index (χ0v) is 17.5. The number of carbonyl (C=O) groups excluding carboxylic acids is 2. The van der Waals surface area contributed by atoms with Crippen LogP contribution in [0, 0.1) is 0 Å². The van der Waals surface area contributed by atoms with Crippen LogP contribution < -0.4 is 0 Å². The van der Waals surface area contributed by atoms with Gasteiger partial charge in [0.15, 0.2) is 12.3 Å². The molecule has 160 valence electrons. The van der Waals surface area contributed by atoms with Gasteiger partial charge in [0.05, 0.1) is 12.5 Å². The first kappa shape index (κ1) is 20.0. The molecule has 5 rings (SSSR count). The molecule has 0 aliphatic carbocycles. The second-order valence-corrected chi connectivity index (χ2v) is 7.84. The van der Waals surface area contributed by atoms with E-state index in [9.17, 15) is 9.59 Å². The third-order valence-corrected chi connectivity index (χ3v) is 5.80. The average Bonchev–Trinajstić information content (AvgIpc) is 3.63. The van der Waals surface area contributed by atoms with Crippen LogP contribution >= 0.6 is 11.3 Å². The van der Waals surface area contributed by atoms with Crippen molar-refractivity contribution in [2.45, 2.75) is 12.5 Å². The largest absolute Gasteiger partial charge is 0.467 e. The Hall–Kier alpha value is -3.98. The molecule has 1 aromatic carbocycles. The highest BCUT2D eigenvalue weighted by molar-refractivity contribution is 7.13. The molecular weight excluding hydrogens is 430 g/mol. The molecule has 4 heterocycles. The van der Waals surface area contributed by atoms with Gasteiger partial charge in [-0.3, -0.25) is 4.79 Å². The van der Waals surface area contributed by atoms with Crippen LogP contribution in [-0.4, -0.2) is 34.2 Å². The predicted molar refractivity (Wildman–Crippen MR) is 116 cm³/mol. The monoisotopic (exact) mass is 447 g/mol. The number of hydrogen-bond donors (Lipinski definition) is 0. The third-order valence-electron chi connectivity index (χ3n) is 4.90. The normalized spacial score (nSPS) is 15.6. The predicted octanol–water partition coefficient (Wildman–Crippen LogP) is 4.53. The summed E-state index contributed by atoms with van der Waals surface area (Å²) in [5.74, 6) is 0.0207. The van der Waals surface area contributed by atoms with Gasteiger partial charge in [-0.15, -0.1) is 11.3 Å². The second-order valence-electron chi connectivity index (χ2n) is 6.98. The Morgan fingerprint density at radius 1 is 1.06 bits per heavy atom. The molecule has 4 aromatic rings. The quantitative estimate of drug-likeness (QED) is 0.403. The summed E-state index contributed by atoms with van der Waals surface area (Å²) in [5, 5.41) is 8.00. The molecule has 0 saturated carbocycles. The molecule has 0 saturated heterocycles. The number of rotatable bonds is 6. The standard InChI is InChI=1S/C23H17N3O5S/c27-21(13-31-23(28)17-14-32-22(24-17)15-6-2-1-3-7-15)26-18(20-9-5-11-30-20)12-16(25-26)19-8-4-10-29-19/h1-11,14,18H,12-13H2. The van der Waals surface area contributed by atoms with Gasteiger partial charge in [-0.1, -0.05) is 30.3 Å². The van der Waals surface area contributed by atoms with E-state index in [2.05, 4.69) is 10.1 Å². The van der Waals surface area contributed by atoms with E-state index in [0.29, 0.717) is 28.7 Å². The highest BCUT2D eigenvalue weighted by Gasteiger charge is 2.36. The van der Waals surface area contributed by atoms with E-state index in [1.54, 1.807) is 35.9 Å². The Morgan fingerprint density at radius 3 is 2.62 bits per heavy atom. The molecule has 0 bridgehead atoms. The first-order valence-electron chi connectivity index (χ1n) is 9.84. The minimum absolute atomic E-state index is 0.158. The summed E-state index contributed by atoms with van der Waals surface area (Å²) in [6.45, 7) is -0.469. The molecule has 1 unspecified atom stereocenters. The molecule has 32 heavy (non-hydrogen) atoms. The van der Waals surface area contributed by atoms with Crippen LogP contribution in [0.25, 0.3) is 10.6 Å². The maximum atomic E-state index is 12.9. The van der Waals surface area contributed by atoms with Crippen LogP contribution in [0.15, 0.2) is 86.4 Å². The molecule has 9 heteroatoms. The summed E-state index contributed by atoms with van der Waals surface area (Å²) in [5.41, 5.74) is 1.68. The van der Waals surface area contributed by atoms with Crippen LogP contribution in [0.1, 0.15) is 34.5 Å². The lowest BCUT2D eigenvalue weighted by atomic mass is 10.1. The minimum Gasteiger partial charge on any atom is -0.467 e. The molecule has 0 radical (unpaired) electrons. The van der Waals surface area contributed by atoms with Gasteiger partial charge >= 0.3 is 5.97 Å². The summed E-state index contributed by atoms with van der Waals surface area (Å²) in [7, 11) is 0. The number of furan rings is 2. The number of nitrogens with zero attached hydrogens (tertiary/aromatic N) is 3. The molecular formula is C23H17N3O5S. The van der Waals surface area contributed by atoms with Gasteiger partial charge in [0.25, 0.3) is 5.91 Å². The van der Waals surface area contributed by atoms with E-state index < -0.39 is 24.5 Å². The minimum atomic E-state index is -0.666. The number of hydrazone groups is 1. The molecule has 0 fully saturated rings. The summed E-state index contributed by atoms with van der Waals surface area (Å²) >= 11 is 1.34. The van der Waals surface area contributed by atoms with Crippen molar-refractivity contribution in [3.05, 3.63) is 89.7 Å². The number of benzene rings is 1. The number of thiazole rings is 1. The highest BCUT2D eigenvalue weighted by atomic mass is 32.1. The van der Waals surface area contributed by atoms with Crippen molar-refractivity contribution in [3.63, 3.8) is 0 Å². The maximum absolute atomic E-state index is 12.9. The first-order valence-corrected chi connectivity index (χ1v) is 10.7. The van der Waals surface area contributed by atoms with Gasteiger partial charge in [0, 0.05) is 17.4 Å². The van der Waals surface area contributed by atoms with Crippen molar-refractivity contribution in [2.24, 2.45) is 5.10 Å². The van der Waals surface area contributed by atoms with E-state index in [0.717, 1.165) is 5.56 Å².